The van der Waals surface area contributed by atoms with Gasteiger partial charge in [-0.25, -0.2) is 13.1 Å². The summed E-state index contributed by atoms with van der Waals surface area (Å²) in [5, 5.41) is 9.15. The third kappa shape index (κ3) is 3.01. The second-order valence-corrected chi connectivity index (χ2v) is 6.28. The van der Waals surface area contributed by atoms with E-state index in [0.29, 0.717) is 19.6 Å². The van der Waals surface area contributed by atoms with Gasteiger partial charge in [-0.1, -0.05) is 6.92 Å². The molecule has 1 aromatic rings. The minimum atomic E-state index is -3.53. The molecular formula is C12H17NO4S. The molecule has 2 atom stereocenters. The van der Waals surface area contributed by atoms with Crippen LogP contribution in [0.1, 0.15) is 13.3 Å². The van der Waals surface area contributed by atoms with Crippen molar-refractivity contribution in [3.05, 3.63) is 24.3 Å². The van der Waals surface area contributed by atoms with Gasteiger partial charge in [0, 0.05) is 12.6 Å². The third-order valence-corrected chi connectivity index (χ3v) is 4.60. The molecule has 0 bridgehead atoms. The van der Waals surface area contributed by atoms with Crippen LogP contribution in [0.2, 0.25) is 0 Å². The minimum absolute atomic E-state index is 0.0494. The van der Waals surface area contributed by atoms with Gasteiger partial charge < -0.3 is 9.84 Å². The monoisotopic (exact) mass is 271 g/mol. The van der Waals surface area contributed by atoms with Crippen LogP contribution in [0.5, 0.6) is 5.75 Å². The summed E-state index contributed by atoms with van der Waals surface area (Å²) in [6.45, 7) is 3.11. The highest BCUT2D eigenvalue weighted by Gasteiger charge is 2.27. The average Bonchev–Trinajstić information content (AvgIpc) is 2.32. The molecule has 2 unspecified atom stereocenters. The van der Waals surface area contributed by atoms with Crippen LogP contribution in [-0.4, -0.2) is 32.8 Å². The highest BCUT2D eigenvalue weighted by Crippen LogP contribution is 2.19. The first-order valence-corrected chi connectivity index (χ1v) is 7.36. The molecule has 0 aliphatic carbocycles. The first kappa shape index (κ1) is 13.3. The lowest BCUT2D eigenvalue weighted by molar-refractivity contribution is 0.0450. The number of aromatic hydroxyl groups is 1. The summed E-state index contributed by atoms with van der Waals surface area (Å²) in [6, 6.07) is 5.41. The van der Waals surface area contributed by atoms with E-state index in [9.17, 15) is 8.42 Å². The molecule has 0 radical (unpaired) electrons. The molecular weight excluding hydrogens is 254 g/mol. The summed E-state index contributed by atoms with van der Waals surface area (Å²) in [7, 11) is -3.53. The lowest BCUT2D eigenvalue weighted by Crippen LogP contribution is -2.44. The first-order valence-electron chi connectivity index (χ1n) is 5.88. The van der Waals surface area contributed by atoms with Crippen molar-refractivity contribution in [1.29, 1.82) is 0 Å². The van der Waals surface area contributed by atoms with Crippen LogP contribution in [0.4, 0.5) is 0 Å². The zero-order valence-corrected chi connectivity index (χ0v) is 11.0. The molecule has 5 nitrogen and oxygen atoms in total. The van der Waals surface area contributed by atoms with E-state index in [1.165, 1.54) is 24.3 Å². The predicted octanol–water partition coefficient (Wildman–Crippen LogP) is 1.10. The lowest BCUT2D eigenvalue weighted by atomic mass is 9.99. The fraction of sp³-hybridized carbons (Fsp3) is 0.500. The van der Waals surface area contributed by atoms with Crippen molar-refractivity contribution in [2.24, 2.45) is 5.92 Å². The summed E-state index contributed by atoms with van der Waals surface area (Å²) in [5.41, 5.74) is 0. The standard InChI is InChI=1S/C12H17NO4S/c1-9-8-17-7-6-12(9)13-18(15,16)11-4-2-10(14)3-5-11/h2-5,9,12-14H,6-8H2,1H3. The number of benzene rings is 1. The fourth-order valence-corrected chi connectivity index (χ4v) is 3.33. The van der Waals surface area contributed by atoms with E-state index in [2.05, 4.69) is 4.72 Å². The maximum Gasteiger partial charge on any atom is 0.240 e. The second kappa shape index (κ2) is 5.26. The summed E-state index contributed by atoms with van der Waals surface area (Å²) >= 11 is 0. The number of sulfonamides is 1. The van der Waals surface area contributed by atoms with E-state index in [4.69, 9.17) is 9.84 Å². The predicted molar refractivity (Wildman–Crippen MR) is 66.8 cm³/mol. The molecule has 100 valence electrons. The average molecular weight is 271 g/mol. The topological polar surface area (TPSA) is 75.6 Å². The molecule has 2 N–H and O–H groups in total. The summed E-state index contributed by atoms with van der Waals surface area (Å²) in [4.78, 5) is 0.166. The van der Waals surface area contributed by atoms with Crippen molar-refractivity contribution in [3.8, 4) is 5.75 Å². The molecule has 0 aromatic heterocycles. The third-order valence-electron chi connectivity index (χ3n) is 3.09. The lowest BCUT2D eigenvalue weighted by Gasteiger charge is -2.29. The van der Waals surface area contributed by atoms with Gasteiger partial charge in [0.25, 0.3) is 0 Å². The first-order chi connectivity index (χ1) is 8.49. The Bertz CT molecular complexity index is 497. The maximum absolute atomic E-state index is 12.1. The van der Waals surface area contributed by atoms with Crippen molar-refractivity contribution >= 4 is 10.0 Å². The molecule has 1 aliphatic heterocycles. The summed E-state index contributed by atoms with van der Waals surface area (Å²) in [5.74, 6) is 0.207. The zero-order valence-electron chi connectivity index (χ0n) is 10.2. The number of hydrogen-bond acceptors (Lipinski definition) is 4. The molecule has 0 amide bonds. The molecule has 0 saturated carbocycles. The van der Waals surface area contributed by atoms with Gasteiger partial charge in [-0.3, -0.25) is 0 Å². The van der Waals surface area contributed by atoms with Gasteiger partial charge >= 0.3 is 0 Å². The molecule has 2 rings (SSSR count). The summed E-state index contributed by atoms with van der Waals surface area (Å²) < 4.78 is 32.2. The fourth-order valence-electron chi connectivity index (χ4n) is 1.95. The Morgan fingerprint density at radius 3 is 2.61 bits per heavy atom. The Kier molecular flexibility index (Phi) is 3.89. The SMILES string of the molecule is CC1COCCC1NS(=O)(=O)c1ccc(O)cc1. The highest BCUT2D eigenvalue weighted by atomic mass is 32.2. The Morgan fingerprint density at radius 1 is 1.33 bits per heavy atom. The molecule has 1 heterocycles. The number of phenols is 1. The molecule has 18 heavy (non-hydrogen) atoms. The second-order valence-electron chi connectivity index (χ2n) is 4.56. The van der Waals surface area contributed by atoms with Gasteiger partial charge in [0.15, 0.2) is 0 Å². The van der Waals surface area contributed by atoms with E-state index in [0.717, 1.165) is 0 Å². The van der Waals surface area contributed by atoms with Crippen molar-refractivity contribution in [3.63, 3.8) is 0 Å². The molecule has 6 heteroatoms. The maximum atomic E-state index is 12.1. The quantitative estimate of drug-likeness (QED) is 0.863. The van der Waals surface area contributed by atoms with Crippen LogP contribution in [0.3, 0.4) is 0 Å². The minimum Gasteiger partial charge on any atom is -0.508 e. The van der Waals surface area contributed by atoms with Gasteiger partial charge in [0.2, 0.25) is 10.0 Å². The molecule has 0 spiro atoms. The van der Waals surface area contributed by atoms with Crippen LogP contribution in [0.25, 0.3) is 0 Å². The van der Waals surface area contributed by atoms with Gasteiger partial charge in [0.1, 0.15) is 5.75 Å². The van der Waals surface area contributed by atoms with E-state index in [1.807, 2.05) is 6.92 Å². The Morgan fingerprint density at radius 2 is 2.00 bits per heavy atom. The number of phenolic OH excluding ortho intramolecular Hbond substituents is 1. The van der Waals surface area contributed by atoms with Crippen LogP contribution in [0, 0.1) is 5.92 Å². The Hall–Kier alpha value is -1.11. The smallest absolute Gasteiger partial charge is 0.240 e. The molecule has 1 aliphatic rings. The van der Waals surface area contributed by atoms with Crippen molar-refractivity contribution in [2.75, 3.05) is 13.2 Å². The number of hydrogen-bond donors (Lipinski definition) is 2. The van der Waals surface area contributed by atoms with Crippen LogP contribution < -0.4 is 4.72 Å². The zero-order chi connectivity index (χ0) is 13.2. The number of nitrogens with one attached hydrogen (secondary N) is 1. The van der Waals surface area contributed by atoms with Crippen molar-refractivity contribution in [1.82, 2.24) is 4.72 Å². The molecule has 1 aromatic carbocycles. The van der Waals surface area contributed by atoms with E-state index >= 15 is 0 Å². The summed E-state index contributed by atoms with van der Waals surface area (Å²) in [6.07, 6.45) is 0.679. The van der Waals surface area contributed by atoms with Gasteiger partial charge in [-0.2, -0.15) is 0 Å². The number of rotatable bonds is 3. The Balaban J connectivity index is 2.13. The van der Waals surface area contributed by atoms with Gasteiger partial charge in [-0.15, -0.1) is 0 Å². The van der Waals surface area contributed by atoms with Crippen LogP contribution >= 0.6 is 0 Å². The van der Waals surface area contributed by atoms with E-state index < -0.39 is 10.0 Å². The normalized spacial score (nSPS) is 24.9. The van der Waals surface area contributed by atoms with E-state index in [-0.39, 0.29) is 22.6 Å². The Labute approximate surface area is 107 Å². The van der Waals surface area contributed by atoms with E-state index in [1.54, 1.807) is 0 Å². The molecule has 1 saturated heterocycles. The van der Waals surface area contributed by atoms with Crippen molar-refractivity contribution in [2.45, 2.75) is 24.3 Å². The highest BCUT2D eigenvalue weighted by molar-refractivity contribution is 7.89. The number of ether oxygens (including phenoxy) is 1. The van der Waals surface area contributed by atoms with Crippen molar-refractivity contribution < 1.29 is 18.3 Å². The van der Waals surface area contributed by atoms with Gasteiger partial charge in [0.05, 0.1) is 11.5 Å². The van der Waals surface area contributed by atoms with Gasteiger partial charge in [-0.05, 0) is 36.6 Å². The van der Waals surface area contributed by atoms with Crippen LogP contribution in [-0.2, 0) is 14.8 Å². The van der Waals surface area contributed by atoms with Crippen LogP contribution in [0.15, 0.2) is 29.2 Å². The largest absolute Gasteiger partial charge is 0.508 e. The molecule has 1 fully saturated rings.